The number of aliphatic hydroxyl groups is 3. The fourth-order valence-electron chi connectivity index (χ4n) is 7.74. The van der Waals surface area contributed by atoms with E-state index in [1.54, 1.807) is 6.07 Å². The molecule has 2 aliphatic carbocycles. The molecule has 3 fully saturated rings. The number of benzene rings is 1. The van der Waals surface area contributed by atoms with Crippen LogP contribution in [-0.2, 0) is 25.2 Å². The number of pyridine rings is 2. The number of aliphatic hydroxyl groups excluding tert-OH is 3. The maximum atomic E-state index is 14.6. The van der Waals surface area contributed by atoms with Gasteiger partial charge in [-0.25, -0.2) is 14.6 Å². The van der Waals surface area contributed by atoms with E-state index >= 15 is 0 Å². The summed E-state index contributed by atoms with van der Waals surface area (Å²) in [6, 6.07) is 4.92. The maximum Gasteiger partial charge on any atom is 0.417 e. The molecule has 5 atom stereocenters. The molecule has 0 radical (unpaired) electrons. The zero-order chi connectivity index (χ0) is 40.4. The fourth-order valence-corrected chi connectivity index (χ4v) is 8.28. The number of rotatable bonds is 9. The molecule has 300 valence electrons. The lowest BCUT2D eigenvalue weighted by Gasteiger charge is -2.47. The van der Waals surface area contributed by atoms with Gasteiger partial charge in [-0.1, -0.05) is 47.1 Å². The SMILES string of the molecule is C=CCOC(=O)[C@H]1O[C@@H](OC(=O)c2cc(C(F)(F)F)c3cc(N4CCC5(C=C(c6c(-c7c(Cl)cncc7Cl)noc6C6CC6)C5)CC4)ccc3n2)[C@H](O)[C@@H](O)[C@@H]1O. The number of anilines is 1. The number of piperidine rings is 1. The first-order valence-electron chi connectivity index (χ1n) is 18.1. The van der Waals surface area contributed by atoms with Gasteiger partial charge in [-0.15, -0.1) is 0 Å². The van der Waals surface area contributed by atoms with E-state index in [1.165, 1.54) is 30.6 Å². The van der Waals surface area contributed by atoms with Crippen LogP contribution in [0.25, 0.3) is 27.7 Å². The minimum Gasteiger partial charge on any atom is -0.459 e. The van der Waals surface area contributed by atoms with Gasteiger partial charge in [0, 0.05) is 53.6 Å². The highest BCUT2D eigenvalue weighted by molar-refractivity contribution is 6.39. The van der Waals surface area contributed by atoms with Crippen LogP contribution in [0.4, 0.5) is 18.9 Å². The molecular weight excluding hydrogens is 796 g/mol. The minimum absolute atomic E-state index is 0.118. The van der Waals surface area contributed by atoms with Gasteiger partial charge in [0.2, 0.25) is 6.29 Å². The molecular formula is C39H35Cl2F3N4O9. The van der Waals surface area contributed by atoms with E-state index in [-0.39, 0.29) is 28.8 Å². The number of alkyl halides is 3. The van der Waals surface area contributed by atoms with E-state index in [0.29, 0.717) is 46.1 Å². The standard InChI is InChI=1S/C39H35Cl2F3N4O9/c1-2-11-54-36(53)34-31(50)30(49)32(51)37(55-34)56-35(52)26-13-22(39(42,43)44)21-12-20(5-6-25(21)46-26)48-9-7-38(8-10-48)14-19(15-38)27-29(47-57-33(27)18-3-4-18)28-23(40)16-45-17-24(28)41/h2,5-6,12-14,16-18,30-32,34,37,49-51H,1,3-4,7-11,15H2/t30-,31-,32+,34-,37-/m0/s1. The first-order chi connectivity index (χ1) is 27.2. The van der Waals surface area contributed by atoms with Crippen LogP contribution >= 0.6 is 23.2 Å². The van der Waals surface area contributed by atoms with Gasteiger partial charge in [0.25, 0.3) is 0 Å². The Hall–Kier alpha value is -4.58. The highest BCUT2D eigenvalue weighted by atomic mass is 35.5. The Labute approximate surface area is 332 Å². The molecule has 18 heteroatoms. The largest absolute Gasteiger partial charge is 0.459 e. The van der Waals surface area contributed by atoms with E-state index in [2.05, 4.69) is 27.8 Å². The topological polar surface area (TPSA) is 178 Å². The lowest BCUT2D eigenvalue weighted by Crippen LogP contribution is -2.60. The average molecular weight is 832 g/mol. The zero-order valence-electron chi connectivity index (χ0n) is 29.9. The highest BCUT2D eigenvalue weighted by Gasteiger charge is 2.50. The summed E-state index contributed by atoms with van der Waals surface area (Å²) in [5.74, 6) is -1.50. The second kappa shape index (κ2) is 15.0. The van der Waals surface area contributed by atoms with Gasteiger partial charge >= 0.3 is 18.1 Å². The Kier molecular flexibility index (Phi) is 10.3. The predicted octanol–water partition coefficient (Wildman–Crippen LogP) is 6.26. The van der Waals surface area contributed by atoms with E-state index in [0.717, 1.165) is 49.0 Å². The van der Waals surface area contributed by atoms with Gasteiger partial charge < -0.3 is 39.0 Å². The molecule has 13 nitrogen and oxygen atoms in total. The normalized spacial score (nSPS) is 24.5. The Morgan fingerprint density at radius 3 is 2.39 bits per heavy atom. The number of hydrogen-bond acceptors (Lipinski definition) is 13. The van der Waals surface area contributed by atoms with Gasteiger partial charge in [-0.2, -0.15) is 13.2 Å². The van der Waals surface area contributed by atoms with Crippen molar-refractivity contribution in [2.45, 2.75) is 74.9 Å². The fraction of sp³-hybridized carbons (Fsp3) is 0.410. The Morgan fingerprint density at radius 1 is 1.04 bits per heavy atom. The van der Waals surface area contributed by atoms with Crippen molar-refractivity contribution in [2.24, 2.45) is 5.41 Å². The van der Waals surface area contributed by atoms with E-state index in [4.69, 9.17) is 41.9 Å². The summed E-state index contributed by atoms with van der Waals surface area (Å²) in [4.78, 5) is 35.7. The third kappa shape index (κ3) is 7.38. The lowest BCUT2D eigenvalue weighted by molar-refractivity contribution is -0.279. The Balaban J connectivity index is 0.997. The van der Waals surface area contributed by atoms with E-state index in [1.807, 2.05) is 4.90 Å². The summed E-state index contributed by atoms with van der Waals surface area (Å²) in [6.45, 7) is 4.24. The molecule has 1 saturated carbocycles. The molecule has 57 heavy (non-hydrogen) atoms. The zero-order valence-corrected chi connectivity index (χ0v) is 31.4. The van der Waals surface area contributed by atoms with Crippen LogP contribution in [0.15, 0.2) is 59.9 Å². The molecule has 3 aromatic heterocycles. The number of allylic oxidation sites excluding steroid dienone is 2. The second-order valence-corrected chi connectivity index (χ2v) is 15.5. The van der Waals surface area contributed by atoms with Crippen molar-refractivity contribution in [2.75, 3.05) is 24.6 Å². The van der Waals surface area contributed by atoms with Crippen LogP contribution in [0, 0.1) is 5.41 Å². The minimum atomic E-state index is -4.92. The highest BCUT2D eigenvalue weighted by Crippen LogP contribution is 2.56. The van der Waals surface area contributed by atoms with Gasteiger partial charge in [0.05, 0.1) is 21.1 Å². The Morgan fingerprint density at radius 2 is 1.74 bits per heavy atom. The number of hydrogen-bond donors (Lipinski definition) is 3. The van der Waals surface area contributed by atoms with Crippen LogP contribution in [-0.4, -0.2) is 92.8 Å². The van der Waals surface area contributed by atoms with Crippen molar-refractivity contribution in [3.63, 3.8) is 0 Å². The van der Waals surface area contributed by atoms with Gasteiger partial charge in [-0.05, 0) is 67.4 Å². The molecule has 4 aromatic rings. The van der Waals surface area contributed by atoms with Crippen LogP contribution in [0.1, 0.15) is 65.4 Å². The Bertz CT molecular complexity index is 2270. The number of nitrogens with zero attached hydrogens (tertiary/aromatic N) is 4. The molecule has 0 amide bonds. The number of halogens is 5. The van der Waals surface area contributed by atoms with Crippen molar-refractivity contribution in [3.8, 4) is 11.3 Å². The van der Waals surface area contributed by atoms with Crippen LogP contribution in [0.3, 0.4) is 0 Å². The summed E-state index contributed by atoms with van der Waals surface area (Å²) in [5, 5.41) is 35.8. The third-order valence-electron chi connectivity index (χ3n) is 10.9. The average Bonchev–Trinajstić information content (AvgIpc) is 3.93. The third-order valence-corrected chi connectivity index (χ3v) is 11.5. The summed E-state index contributed by atoms with van der Waals surface area (Å²) in [7, 11) is 0. The van der Waals surface area contributed by atoms with Crippen molar-refractivity contribution in [1.29, 1.82) is 0 Å². The molecule has 1 aromatic carbocycles. The number of aromatic nitrogens is 3. The number of carbonyl (C=O) groups is 2. The van der Waals surface area contributed by atoms with Crippen molar-refractivity contribution >= 4 is 57.3 Å². The quantitative estimate of drug-likeness (QED) is 0.127. The molecule has 5 heterocycles. The molecule has 0 unspecified atom stereocenters. The predicted molar refractivity (Wildman–Crippen MR) is 198 cm³/mol. The van der Waals surface area contributed by atoms with Crippen LogP contribution < -0.4 is 4.90 Å². The summed E-state index contributed by atoms with van der Waals surface area (Å²) < 4.78 is 64.6. The number of esters is 2. The van der Waals surface area contributed by atoms with Crippen molar-refractivity contribution in [1.82, 2.24) is 15.1 Å². The molecule has 2 saturated heterocycles. The maximum absolute atomic E-state index is 14.6. The van der Waals surface area contributed by atoms with Crippen molar-refractivity contribution < 1.29 is 56.8 Å². The molecule has 4 aliphatic rings. The van der Waals surface area contributed by atoms with Crippen LogP contribution in [0.2, 0.25) is 10.0 Å². The first kappa shape index (κ1) is 39.3. The number of fused-ring (bicyclic) bond motifs is 1. The second-order valence-electron chi connectivity index (χ2n) is 14.7. The number of carbonyl (C=O) groups excluding carboxylic acids is 2. The van der Waals surface area contributed by atoms with Crippen molar-refractivity contribution in [3.05, 3.63) is 88.0 Å². The van der Waals surface area contributed by atoms with E-state index < -0.39 is 60.1 Å². The summed E-state index contributed by atoms with van der Waals surface area (Å²) in [5.41, 5.74) is 1.51. The summed E-state index contributed by atoms with van der Waals surface area (Å²) >= 11 is 13.0. The molecule has 8 rings (SSSR count). The van der Waals surface area contributed by atoms with Gasteiger partial charge in [-0.3, -0.25) is 4.98 Å². The monoisotopic (exact) mass is 830 g/mol. The van der Waals surface area contributed by atoms with E-state index in [9.17, 15) is 38.1 Å². The summed E-state index contributed by atoms with van der Waals surface area (Å²) in [6.07, 6.45) is -4.16. The number of ether oxygens (including phenoxy) is 3. The van der Waals surface area contributed by atoms with Gasteiger partial charge in [0.1, 0.15) is 42.1 Å². The lowest BCUT2D eigenvalue weighted by atomic mass is 9.63. The van der Waals surface area contributed by atoms with Crippen LogP contribution in [0.5, 0.6) is 0 Å². The van der Waals surface area contributed by atoms with Gasteiger partial charge in [0.15, 0.2) is 6.10 Å². The molecule has 3 N–H and O–H groups in total. The molecule has 0 bridgehead atoms. The molecule has 2 aliphatic heterocycles. The smallest absolute Gasteiger partial charge is 0.417 e. The first-order valence-corrected chi connectivity index (χ1v) is 18.9. The molecule has 1 spiro atoms.